The van der Waals surface area contributed by atoms with Crippen molar-refractivity contribution >= 4 is 28.9 Å². The van der Waals surface area contributed by atoms with Gasteiger partial charge < -0.3 is 10.1 Å². The van der Waals surface area contributed by atoms with E-state index in [1.54, 1.807) is 6.07 Å². The van der Waals surface area contributed by atoms with Crippen LogP contribution in [0.2, 0.25) is 10.0 Å². The average molecular weight is 300 g/mol. The van der Waals surface area contributed by atoms with E-state index in [1.165, 1.54) is 19.3 Å². The van der Waals surface area contributed by atoms with Crippen molar-refractivity contribution in [3.05, 3.63) is 28.2 Å². The average Bonchev–Trinajstić information content (AvgIpc) is 2.28. The third-order valence-corrected chi connectivity index (χ3v) is 5.25. The molecule has 0 amide bonds. The first-order valence-electron chi connectivity index (χ1n) is 6.99. The van der Waals surface area contributed by atoms with Crippen LogP contribution in [0.3, 0.4) is 0 Å². The van der Waals surface area contributed by atoms with Crippen LogP contribution in [-0.2, 0) is 4.74 Å². The van der Waals surface area contributed by atoms with Gasteiger partial charge in [-0.25, -0.2) is 0 Å². The molecule has 2 unspecified atom stereocenters. The summed E-state index contributed by atoms with van der Waals surface area (Å²) in [7, 11) is 0. The van der Waals surface area contributed by atoms with Gasteiger partial charge in [-0.1, -0.05) is 29.6 Å². The normalized spacial score (nSPS) is 27.7. The zero-order valence-electron chi connectivity index (χ0n) is 11.1. The van der Waals surface area contributed by atoms with E-state index in [4.69, 9.17) is 27.9 Å². The molecule has 2 nitrogen and oxygen atoms in total. The molecule has 2 aliphatic carbocycles. The molecule has 0 heterocycles. The van der Waals surface area contributed by atoms with Gasteiger partial charge in [-0.05, 0) is 44.4 Å². The summed E-state index contributed by atoms with van der Waals surface area (Å²) in [5, 5.41) is 4.96. The number of rotatable bonds is 4. The second kappa shape index (κ2) is 5.16. The van der Waals surface area contributed by atoms with Crippen molar-refractivity contribution in [3.63, 3.8) is 0 Å². The van der Waals surface area contributed by atoms with Gasteiger partial charge in [0.2, 0.25) is 0 Å². The summed E-state index contributed by atoms with van der Waals surface area (Å²) in [5.74, 6) is 0. The van der Waals surface area contributed by atoms with E-state index in [-0.39, 0.29) is 0 Å². The predicted octanol–water partition coefficient (Wildman–Crippen LogP) is 4.75. The minimum atomic E-state index is 0.346. The van der Waals surface area contributed by atoms with Gasteiger partial charge in [0, 0.05) is 23.1 Å². The van der Waals surface area contributed by atoms with Gasteiger partial charge in [-0.15, -0.1) is 0 Å². The Bertz CT molecular complexity index is 473. The maximum Gasteiger partial charge on any atom is 0.0670 e. The monoisotopic (exact) mass is 299 g/mol. The molecule has 3 rings (SSSR count). The standard InChI is InChI=1S/C15H19Cl2NO/c1-2-19-14-9-13(15(14)6-3-7-15)18-12-5-4-10(16)8-11(12)17/h4-5,8,13-14,18H,2-3,6-7,9H2,1H3. The summed E-state index contributed by atoms with van der Waals surface area (Å²) in [4.78, 5) is 0. The molecule has 2 atom stereocenters. The largest absolute Gasteiger partial charge is 0.380 e. The Morgan fingerprint density at radius 2 is 2.16 bits per heavy atom. The van der Waals surface area contributed by atoms with Crippen LogP contribution >= 0.6 is 23.2 Å². The molecule has 2 saturated carbocycles. The molecular formula is C15H19Cl2NO. The summed E-state index contributed by atoms with van der Waals surface area (Å²) in [6.07, 6.45) is 5.35. The molecule has 0 saturated heterocycles. The Labute approximate surface area is 124 Å². The first-order chi connectivity index (χ1) is 9.15. The lowest BCUT2D eigenvalue weighted by Crippen LogP contribution is -2.64. The predicted molar refractivity (Wildman–Crippen MR) is 80.2 cm³/mol. The van der Waals surface area contributed by atoms with Crippen molar-refractivity contribution in [2.24, 2.45) is 5.41 Å². The third-order valence-electron chi connectivity index (χ3n) is 4.70. The molecule has 0 aliphatic heterocycles. The van der Waals surface area contributed by atoms with E-state index in [2.05, 4.69) is 12.2 Å². The van der Waals surface area contributed by atoms with Crippen LogP contribution in [0.4, 0.5) is 5.69 Å². The number of anilines is 1. The van der Waals surface area contributed by atoms with Crippen molar-refractivity contribution in [1.29, 1.82) is 0 Å². The first kappa shape index (κ1) is 13.5. The molecule has 0 radical (unpaired) electrons. The smallest absolute Gasteiger partial charge is 0.0670 e. The molecule has 19 heavy (non-hydrogen) atoms. The second-order valence-electron chi connectivity index (χ2n) is 5.59. The Balaban J connectivity index is 1.71. The van der Waals surface area contributed by atoms with Crippen LogP contribution in [0, 0.1) is 5.41 Å². The number of nitrogens with one attached hydrogen (secondary N) is 1. The van der Waals surface area contributed by atoms with Crippen LogP contribution in [0.25, 0.3) is 0 Å². The van der Waals surface area contributed by atoms with Gasteiger partial charge in [0.1, 0.15) is 0 Å². The topological polar surface area (TPSA) is 21.3 Å². The first-order valence-corrected chi connectivity index (χ1v) is 7.74. The van der Waals surface area contributed by atoms with E-state index in [9.17, 15) is 0 Å². The van der Waals surface area contributed by atoms with E-state index in [0.717, 1.165) is 18.7 Å². The van der Waals surface area contributed by atoms with Gasteiger partial charge in [0.05, 0.1) is 16.8 Å². The Hall–Kier alpha value is -0.440. The lowest BCUT2D eigenvalue weighted by molar-refractivity contribution is -0.157. The molecule has 1 spiro atoms. The van der Waals surface area contributed by atoms with Gasteiger partial charge in [-0.2, -0.15) is 0 Å². The summed E-state index contributed by atoms with van der Waals surface area (Å²) in [6.45, 7) is 2.88. The molecule has 2 fully saturated rings. The van der Waals surface area contributed by atoms with Gasteiger partial charge in [-0.3, -0.25) is 0 Å². The molecule has 0 aromatic heterocycles. The third kappa shape index (κ3) is 2.24. The van der Waals surface area contributed by atoms with E-state index in [0.29, 0.717) is 27.6 Å². The van der Waals surface area contributed by atoms with E-state index < -0.39 is 0 Å². The van der Waals surface area contributed by atoms with Crippen LogP contribution in [0.15, 0.2) is 18.2 Å². The highest BCUT2D eigenvalue weighted by Crippen LogP contribution is 2.58. The lowest BCUT2D eigenvalue weighted by atomic mass is 9.51. The van der Waals surface area contributed by atoms with Crippen LogP contribution < -0.4 is 5.32 Å². The van der Waals surface area contributed by atoms with Crippen LogP contribution in [-0.4, -0.2) is 18.8 Å². The summed E-state index contributed by atoms with van der Waals surface area (Å²) >= 11 is 12.2. The highest BCUT2D eigenvalue weighted by atomic mass is 35.5. The molecule has 1 aromatic rings. The minimum absolute atomic E-state index is 0.346. The Kier molecular flexibility index (Phi) is 3.67. The fourth-order valence-electron chi connectivity index (χ4n) is 3.43. The van der Waals surface area contributed by atoms with Crippen LogP contribution in [0.1, 0.15) is 32.6 Å². The maximum atomic E-state index is 6.23. The second-order valence-corrected chi connectivity index (χ2v) is 6.43. The lowest BCUT2D eigenvalue weighted by Gasteiger charge is -2.61. The summed E-state index contributed by atoms with van der Waals surface area (Å²) < 4.78 is 5.86. The maximum absolute atomic E-state index is 6.23. The van der Waals surface area contributed by atoms with Crippen molar-refractivity contribution < 1.29 is 4.74 Å². The van der Waals surface area contributed by atoms with E-state index in [1.807, 2.05) is 12.1 Å². The Morgan fingerprint density at radius 1 is 1.37 bits per heavy atom. The number of benzene rings is 1. The van der Waals surface area contributed by atoms with Crippen molar-refractivity contribution in [3.8, 4) is 0 Å². The fraction of sp³-hybridized carbons (Fsp3) is 0.600. The van der Waals surface area contributed by atoms with Gasteiger partial charge >= 0.3 is 0 Å². The van der Waals surface area contributed by atoms with Gasteiger partial charge in [0.15, 0.2) is 0 Å². The molecule has 1 aromatic carbocycles. The van der Waals surface area contributed by atoms with E-state index >= 15 is 0 Å². The zero-order valence-corrected chi connectivity index (χ0v) is 12.6. The number of hydrogen-bond acceptors (Lipinski definition) is 2. The number of hydrogen-bond donors (Lipinski definition) is 1. The Morgan fingerprint density at radius 3 is 2.74 bits per heavy atom. The number of ether oxygens (including phenoxy) is 1. The molecule has 0 bridgehead atoms. The summed E-state index contributed by atoms with van der Waals surface area (Å²) in [6, 6.07) is 6.11. The summed E-state index contributed by atoms with van der Waals surface area (Å²) in [5.41, 5.74) is 1.33. The molecule has 104 valence electrons. The molecule has 2 aliphatic rings. The fourth-order valence-corrected chi connectivity index (χ4v) is 3.90. The van der Waals surface area contributed by atoms with Crippen molar-refractivity contribution in [2.45, 2.75) is 44.8 Å². The van der Waals surface area contributed by atoms with Crippen molar-refractivity contribution in [2.75, 3.05) is 11.9 Å². The highest BCUT2D eigenvalue weighted by Gasteiger charge is 2.58. The van der Waals surface area contributed by atoms with Crippen LogP contribution in [0.5, 0.6) is 0 Å². The molecule has 4 heteroatoms. The molecular weight excluding hydrogens is 281 g/mol. The van der Waals surface area contributed by atoms with Gasteiger partial charge in [0.25, 0.3) is 0 Å². The minimum Gasteiger partial charge on any atom is -0.380 e. The number of halogens is 2. The SMILES string of the molecule is CCOC1CC(Nc2ccc(Cl)cc2Cl)C12CCC2. The zero-order chi connectivity index (χ0) is 13.5. The van der Waals surface area contributed by atoms with Crippen molar-refractivity contribution in [1.82, 2.24) is 0 Å². The quantitative estimate of drug-likeness (QED) is 0.866. The highest BCUT2D eigenvalue weighted by molar-refractivity contribution is 6.36. The molecule has 1 N–H and O–H groups in total.